The first-order valence-electron chi connectivity index (χ1n) is 7.46. The molecule has 0 heterocycles. The molecule has 2 rings (SSSR count). The van der Waals surface area contributed by atoms with E-state index in [1.165, 1.54) is 25.7 Å². The highest BCUT2D eigenvalue weighted by Crippen LogP contribution is 2.28. The van der Waals surface area contributed by atoms with E-state index < -0.39 is 0 Å². The minimum absolute atomic E-state index is 0. The van der Waals surface area contributed by atoms with Crippen LogP contribution >= 0.6 is 24.0 Å². The molecule has 0 atom stereocenters. The fourth-order valence-corrected chi connectivity index (χ4v) is 3.26. The molecule has 3 N–H and O–H groups in total. The lowest BCUT2D eigenvalue weighted by Gasteiger charge is -2.29. The second-order valence-electron chi connectivity index (χ2n) is 5.72. The third kappa shape index (κ3) is 5.08. The van der Waals surface area contributed by atoms with Gasteiger partial charge in [-0.25, -0.2) is 0 Å². The van der Waals surface area contributed by atoms with Gasteiger partial charge in [0, 0.05) is 11.7 Å². The van der Waals surface area contributed by atoms with Crippen LogP contribution in [0, 0.1) is 5.92 Å². The molecule has 0 aromatic heterocycles. The molecule has 0 radical (unpaired) electrons. The summed E-state index contributed by atoms with van der Waals surface area (Å²) in [6, 6.07) is 5.30. The third-order valence-corrected chi connectivity index (χ3v) is 4.43. The smallest absolute Gasteiger partial charge is 0.253 e. The molecule has 3 nitrogen and oxygen atoms in total. The molecule has 1 saturated carbocycles. The number of nitrogens with two attached hydrogens (primary N) is 1. The number of nitrogens with one attached hydrogen (secondary N) is 1. The van der Waals surface area contributed by atoms with Crippen molar-refractivity contribution in [2.75, 3.05) is 5.73 Å². The summed E-state index contributed by atoms with van der Waals surface area (Å²) < 4.78 is 0. The molecule has 118 valence electrons. The van der Waals surface area contributed by atoms with Crippen molar-refractivity contribution in [3.05, 3.63) is 28.8 Å². The molecule has 1 aromatic carbocycles. The third-order valence-electron chi connectivity index (χ3n) is 4.12. The molecule has 1 amide bonds. The number of hydrogen-bond acceptors (Lipinski definition) is 2. The quantitative estimate of drug-likeness (QED) is 0.802. The van der Waals surface area contributed by atoms with E-state index in [2.05, 4.69) is 12.2 Å². The molecule has 0 aliphatic heterocycles. The van der Waals surface area contributed by atoms with Gasteiger partial charge in [0.25, 0.3) is 5.91 Å². The Hall–Kier alpha value is -0.930. The maximum absolute atomic E-state index is 12.2. The zero-order chi connectivity index (χ0) is 14.5. The van der Waals surface area contributed by atoms with Crippen molar-refractivity contribution >= 4 is 35.6 Å². The van der Waals surface area contributed by atoms with Gasteiger partial charge in [-0.3, -0.25) is 4.79 Å². The van der Waals surface area contributed by atoms with Crippen LogP contribution in [0.4, 0.5) is 5.69 Å². The Labute approximate surface area is 138 Å². The maximum Gasteiger partial charge on any atom is 0.253 e. The number of rotatable bonds is 4. The number of nitrogen functional groups attached to an aromatic ring is 1. The predicted molar refractivity (Wildman–Crippen MR) is 91.2 cm³/mol. The molecule has 21 heavy (non-hydrogen) atoms. The summed E-state index contributed by atoms with van der Waals surface area (Å²) in [5.41, 5.74) is 6.73. The van der Waals surface area contributed by atoms with Crippen LogP contribution in [-0.4, -0.2) is 11.9 Å². The predicted octanol–water partition coefficient (Wildman–Crippen LogP) is 4.43. The normalized spacial score (nSPS) is 21.4. The second kappa shape index (κ2) is 8.50. The molecule has 1 fully saturated rings. The van der Waals surface area contributed by atoms with E-state index in [4.69, 9.17) is 17.3 Å². The van der Waals surface area contributed by atoms with Crippen molar-refractivity contribution in [2.45, 2.75) is 51.5 Å². The topological polar surface area (TPSA) is 55.1 Å². The minimum Gasteiger partial charge on any atom is -0.399 e. The first kappa shape index (κ1) is 18.1. The van der Waals surface area contributed by atoms with E-state index in [-0.39, 0.29) is 24.4 Å². The van der Waals surface area contributed by atoms with Crippen LogP contribution in [0.5, 0.6) is 0 Å². The molecule has 1 aromatic rings. The van der Waals surface area contributed by atoms with E-state index in [1.807, 2.05) is 0 Å². The summed E-state index contributed by atoms with van der Waals surface area (Å²) in [6.07, 6.45) is 7.14. The average Bonchev–Trinajstić information content (AvgIpc) is 2.41. The van der Waals surface area contributed by atoms with Crippen molar-refractivity contribution in [2.24, 2.45) is 5.92 Å². The van der Waals surface area contributed by atoms with Gasteiger partial charge in [-0.2, -0.15) is 0 Å². The lowest BCUT2D eigenvalue weighted by molar-refractivity contribution is 0.0921. The number of benzene rings is 1. The van der Waals surface area contributed by atoms with Gasteiger partial charge in [-0.05, 0) is 49.8 Å². The lowest BCUT2D eigenvalue weighted by Crippen LogP contribution is -2.37. The average molecular weight is 331 g/mol. The highest BCUT2D eigenvalue weighted by atomic mass is 35.5. The van der Waals surface area contributed by atoms with Gasteiger partial charge in [0.1, 0.15) is 0 Å². The van der Waals surface area contributed by atoms with Crippen LogP contribution < -0.4 is 11.1 Å². The first-order valence-corrected chi connectivity index (χ1v) is 7.83. The summed E-state index contributed by atoms with van der Waals surface area (Å²) in [4.78, 5) is 12.2. The highest BCUT2D eigenvalue weighted by Gasteiger charge is 2.22. The lowest BCUT2D eigenvalue weighted by atomic mass is 9.83. The minimum atomic E-state index is -0.0889. The molecule has 1 aliphatic carbocycles. The standard InChI is InChI=1S/C16H23ClN2O.ClH/c1-2-3-11-4-7-13(8-5-11)19-16(20)14-9-6-12(18)10-15(14)17;/h6,9-11,13H,2-5,7-8,18H2,1H3,(H,19,20);1H. The van der Waals surface area contributed by atoms with Gasteiger partial charge in [0.05, 0.1) is 10.6 Å². The zero-order valence-electron chi connectivity index (χ0n) is 12.4. The Balaban J connectivity index is 0.00000220. The van der Waals surface area contributed by atoms with Crippen LogP contribution in [0.3, 0.4) is 0 Å². The number of amides is 1. The van der Waals surface area contributed by atoms with Gasteiger partial charge in [0.2, 0.25) is 0 Å². The van der Waals surface area contributed by atoms with E-state index in [9.17, 15) is 4.79 Å². The number of carbonyl (C=O) groups excluding carboxylic acids is 1. The van der Waals surface area contributed by atoms with Gasteiger partial charge < -0.3 is 11.1 Å². The molecular formula is C16H24Cl2N2O. The number of halogens is 2. The van der Waals surface area contributed by atoms with Crippen LogP contribution in [0.2, 0.25) is 5.02 Å². The zero-order valence-corrected chi connectivity index (χ0v) is 14.0. The Kier molecular flexibility index (Phi) is 7.33. The Morgan fingerprint density at radius 1 is 1.33 bits per heavy atom. The SMILES string of the molecule is CCCC1CCC(NC(=O)c2ccc(N)cc2Cl)CC1.Cl. The van der Waals surface area contributed by atoms with Gasteiger partial charge in [-0.1, -0.05) is 31.4 Å². The second-order valence-corrected chi connectivity index (χ2v) is 6.13. The molecule has 0 saturated heterocycles. The monoisotopic (exact) mass is 330 g/mol. The summed E-state index contributed by atoms with van der Waals surface area (Å²) >= 11 is 6.07. The Morgan fingerprint density at radius 2 is 2.00 bits per heavy atom. The molecule has 0 bridgehead atoms. The van der Waals surface area contributed by atoms with Gasteiger partial charge in [0.15, 0.2) is 0 Å². The Morgan fingerprint density at radius 3 is 2.57 bits per heavy atom. The number of carbonyl (C=O) groups is 1. The largest absolute Gasteiger partial charge is 0.399 e. The first-order chi connectivity index (χ1) is 9.60. The Bertz CT molecular complexity index is 471. The van der Waals surface area contributed by atoms with E-state index in [0.29, 0.717) is 16.3 Å². The fraction of sp³-hybridized carbons (Fsp3) is 0.562. The van der Waals surface area contributed by atoms with Crippen molar-refractivity contribution in [1.29, 1.82) is 0 Å². The molecule has 5 heteroatoms. The van der Waals surface area contributed by atoms with Crippen molar-refractivity contribution in [3.8, 4) is 0 Å². The molecular weight excluding hydrogens is 307 g/mol. The van der Waals surface area contributed by atoms with Gasteiger partial charge >= 0.3 is 0 Å². The molecule has 1 aliphatic rings. The fourth-order valence-electron chi connectivity index (χ4n) is 2.98. The summed E-state index contributed by atoms with van der Waals surface area (Å²) in [7, 11) is 0. The van der Waals surface area contributed by atoms with Gasteiger partial charge in [-0.15, -0.1) is 12.4 Å². The van der Waals surface area contributed by atoms with Crippen LogP contribution in [0.25, 0.3) is 0 Å². The van der Waals surface area contributed by atoms with Crippen molar-refractivity contribution < 1.29 is 4.79 Å². The highest BCUT2D eigenvalue weighted by molar-refractivity contribution is 6.34. The van der Waals surface area contributed by atoms with Crippen molar-refractivity contribution in [1.82, 2.24) is 5.32 Å². The number of hydrogen-bond donors (Lipinski definition) is 2. The van der Waals surface area contributed by atoms with Crippen LogP contribution in [-0.2, 0) is 0 Å². The summed E-state index contributed by atoms with van der Waals surface area (Å²) in [5, 5.41) is 3.51. The summed E-state index contributed by atoms with van der Waals surface area (Å²) in [5.74, 6) is 0.752. The van der Waals surface area contributed by atoms with Crippen LogP contribution in [0.1, 0.15) is 55.8 Å². The summed E-state index contributed by atoms with van der Waals surface area (Å²) in [6.45, 7) is 2.23. The van der Waals surface area contributed by atoms with Crippen molar-refractivity contribution in [3.63, 3.8) is 0 Å². The number of anilines is 1. The van der Waals surface area contributed by atoms with Crippen LogP contribution in [0.15, 0.2) is 18.2 Å². The molecule has 0 spiro atoms. The van der Waals surface area contributed by atoms with E-state index in [1.54, 1.807) is 18.2 Å². The van der Waals surface area contributed by atoms with E-state index >= 15 is 0 Å². The van der Waals surface area contributed by atoms with E-state index in [0.717, 1.165) is 18.8 Å². The molecule has 0 unspecified atom stereocenters. The maximum atomic E-state index is 12.2.